The molecule has 12 heteroatoms. The van der Waals surface area contributed by atoms with E-state index in [1.54, 1.807) is 4.40 Å². The predicted molar refractivity (Wildman–Crippen MR) is 125 cm³/mol. The molecule has 11 nitrogen and oxygen atoms in total. The van der Waals surface area contributed by atoms with E-state index in [0.29, 0.717) is 50.5 Å². The molecule has 2 aliphatic heterocycles. The van der Waals surface area contributed by atoms with Gasteiger partial charge in [-0.25, -0.2) is 9.37 Å². The van der Waals surface area contributed by atoms with Crippen molar-refractivity contribution in [3.8, 4) is 17.6 Å². The number of benzene rings is 1. The van der Waals surface area contributed by atoms with E-state index in [1.165, 1.54) is 23.0 Å². The minimum Gasteiger partial charge on any atom is -0.393 e. The smallest absolute Gasteiger partial charge is 0.277 e. The average Bonchev–Trinajstić information content (AvgIpc) is 3.65. The van der Waals surface area contributed by atoms with Crippen molar-refractivity contribution in [2.24, 2.45) is 0 Å². The Balaban J connectivity index is 1.49. The zero-order valence-corrected chi connectivity index (χ0v) is 19.4. The Morgan fingerprint density at radius 1 is 1.19 bits per heavy atom. The van der Waals surface area contributed by atoms with Crippen LogP contribution in [0.3, 0.4) is 0 Å². The van der Waals surface area contributed by atoms with Crippen LogP contribution in [-0.2, 0) is 11.3 Å². The third kappa shape index (κ3) is 3.76. The van der Waals surface area contributed by atoms with Gasteiger partial charge in [-0.1, -0.05) is 5.16 Å². The Labute approximate surface area is 204 Å². The summed E-state index contributed by atoms with van der Waals surface area (Å²) in [5.41, 5.74) is 0.510. The number of hydrogen-bond acceptors (Lipinski definition) is 9. The molecule has 1 atom stereocenters. The zero-order valence-electron chi connectivity index (χ0n) is 19.4. The molecular formula is C24H24FN7O4. The molecule has 1 unspecified atom stereocenters. The molecule has 2 aliphatic rings. The summed E-state index contributed by atoms with van der Waals surface area (Å²) in [4.78, 5) is 24.9. The number of nitrogens with zero attached hydrogens (tertiary/aromatic N) is 7. The van der Waals surface area contributed by atoms with Gasteiger partial charge in [0.25, 0.3) is 11.4 Å². The minimum atomic E-state index is -0.696. The number of halogens is 1. The van der Waals surface area contributed by atoms with Crippen molar-refractivity contribution in [1.82, 2.24) is 29.0 Å². The van der Waals surface area contributed by atoms with Gasteiger partial charge in [-0.15, -0.1) is 0 Å². The van der Waals surface area contributed by atoms with Gasteiger partial charge in [0.2, 0.25) is 5.82 Å². The number of rotatable bonds is 5. The molecule has 3 aromatic heterocycles. The standard InChI is InChI=1S/C24H24FN7O4/c25-16-3-4-17-20(15(16)12-26)31(10-9-30-7-5-14(33)6-8-30)24(34)21-19(27-13-32(17)21)22-28-23(36-29-22)18-2-1-11-35-18/h3-4,13-14,18,33H,1-2,5-11H2. The Bertz CT molecular complexity index is 1540. The molecule has 2 fully saturated rings. The summed E-state index contributed by atoms with van der Waals surface area (Å²) in [7, 11) is 0. The lowest BCUT2D eigenvalue weighted by Crippen LogP contribution is -2.39. The molecule has 0 aliphatic carbocycles. The van der Waals surface area contributed by atoms with Gasteiger partial charge in [-0.3, -0.25) is 9.20 Å². The van der Waals surface area contributed by atoms with Crippen molar-refractivity contribution < 1.29 is 18.8 Å². The fourth-order valence-electron chi connectivity index (χ4n) is 5.09. The van der Waals surface area contributed by atoms with Crippen LogP contribution in [0, 0.1) is 17.1 Å². The molecule has 6 rings (SSSR count). The molecule has 0 radical (unpaired) electrons. The van der Waals surface area contributed by atoms with Gasteiger partial charge in [0.1, 0.15) is 41.1 Å². The summed E-state index contributed by atoms with van der Waals surface area (Å²) < 4.78 is 28.6. The van der Waals surface area contributed by atoms with E-state index in [9.17, 15) is 19.6 Å². The molecule has 2 saturated heterocycles. The van der Waals surface area contributed by atoms with Crippen LogP contribution < -0.4 is 5.56 Å². The van der Waals surface area contributed by atoms with E-state index in [1.807, 2.05) is 6.07 Å². The number of aliphatic hydroxyl groups is 1. The summed E-state index contributed by atoms with van der Waals surface area (Å²) in [6, 6.07) is 4.66. The highest BCUT2D eigenvalue weighted by Crippen LogP contribution is 2.30. The molecule has 0 saturated carbocycles. The minimum absolute atomic E-state index is 0.165. The van der Waals surface area contributed by atoms with Crippen molar-refractivity contribution in [1.29, 1.82) is 5.26 Å². The van der Waals surface area contributed by atoms with Gasteiger partial charge in [0.15, 0.2) is 0 Å². The second-order valence-electron chi connectivity index (χ2n) is 9.20. The van der Waals surface area contributed by atoms with Crippen LogP contribution in [0.1, 0.15) is 43.2 Å². The summed E-state index contributed by atoms with van der Waals surface area (Å²) in [5, 5.41) is 23.6. The first-order chi connectivity index (χ1) is 17.5. The van der Waals surface area contributed by atoms with Gasteiger partial charge in [0, 0.05) is 32.8 Å². The molecule has 1 aromatic carbocycles. The number of nitriles is 1. The number of likely N-dealkylation sites (tertiary alicyclic amines) is 1. The number of aromatic nitrogens is 5. The van der Waals surface area contributed by atoms with Crippen LogP contribution in [0.25, 0.3) is 28.1 Å². The first kappa shape index (κ1) is 22.8. The Morgan fingerprint density at radius 3 is 2.78 bits per heavy atom. The lowest BCUT2D eigenvalue weighted by atomic mass is 10.1. The monoisotopic (exact) mass is 493 g/mol. The summed E-state index contributed by atoms with van der Waals surface area (Å²) in [6.45, 7) is 2.76. The van der Waals surface area contributed by atoms with Crippen LogP contribution in [0.5, 0.6) is 0 Å². The maximum absolute atomic E-state index is 14.6. The van der Waals surface area contributed by atoms with Crippen LogP contribution >= 0.6 is 0 Å². The summed E-state index contributed by atoms with van der Waals surface area (Å²) in [5.74, 6) is -0.192. The Morgan fingerprint density at radius 2 is 2.03 bits per heavy atom. The van der Waals surface area contributed by atoms with Gasteiger partial charge < -0.3 is 23.8 Å². The van der Waals surface area contributed by atoms with Crippen molar-refractivity contribution >= 4 is 16.6 Å². The molecule has 186 valence electrons. The second-order valence-corrected chi connectivity index (χ2v) is 9.20. The van der Waals surface area contributed by atoms with Crippen LogP contribution in [-0.4, -0.2) is 66.4 Å². The van der Waals surface area contributed by atoms with Crippen LogP contribution in [0.4, 0.5) is 4.39 Å². The maximum Gasteiger partial charge on any atom is 0.277 e. The van der Waals surface area contributed by atoms with Crippen molar-refractivity contribution in [3.05, 3.63) is 46.1 Å². The summed E-state index contributed by atoms with van der Waals surface area (Å²) >= 11 is 0. The van der Waals surface area contributed by atoms with Crippen LogP contribution in [0.2, 0.25) is 0 Å². The summed E-state index contributed by atoms with van der Waals surface area (Å²) in [6.07, 6.45) is 3.85. The van der Waals surface area contributed by atoms with Crippen molar-refractivity contribution in [2.75, 3.05) is 26.2 Å². The molecule has 4 aromatic rings. The highest BCUT2D eigenvalue weighted by molar-refractivity contribution is 5.87. The van der Waals surface area contributed by atoms with Gasteiger partial charge in [-0.2, -0.15) is 10.2 Å². The number of aliphatic hydroxyl groups excluding tert-OH is 1. The third-order valence-corrected chi connectivity index (χ3v) is 7.02. The topological polar surface area (TPSA) is 135 Å². The molecule has 1 N–H and O–H groups in total. The Kier molecular flexibility index (Phi) is 5.75. The van der Waals surface area contributed by atoms with Gasteiger partial charge in [-0.05, 0) is 37.8 Å². The predicted octanol–water partition coefficient (Wildman–Crippen LogP) is 2.02. The van der Waals surface area contributed by atoms with E-state index in [-0.39, 0.29) is 46.9 Å². The molecular weight excluding hydrogens is 469 g/mol. The average molecular weight is 493 g/mol. The highest BCUT2D eigenvalue weighted by atomic mass is 19.1. The largest absolute Gasteiger partial charge is 0.393 e. The second kappa shape index (κ2) is 9.09. The first-order valence-electron chi connectivity index (χ1n) is 12.0. The maximum atomic E-state index is 14.6. The number of ether oxygens (including phenoxy) is 1. The highest BCUT2D eigenvalue weighted by Gasteiger charge is 2.27. The zero-order chi connectivity index (χ0) is 24.8. The van der Waals surface area contributed by atoms with Crippen molar-refractivity contribution in [2.45, 2.75) is 44.4 Å². The van der Waals surface area contributed by atoms with E-state index in [4.69, 9.17) is 9.26 Å². The fraction of sp³-hybridized carbons (Fsp3) is 0.458. The molecule has 36 heavy (non-hydrogen) atoms. The molecule has 0 amide bonds. The number of piperidine rings is 1. The SMILES string of the molecule is N#Cc1c(F)ccc2c1n(CCN1CCC(O)CC1)c(=O)c1c(-c3noc(C4CCCO4)n3)ncn12. The van der Waals surface area contributed by atoms with Crippen LogP contribution in [0.15, 0.2) is 27.8 Å². The van der Waals surface area contributed by atoms with Gasteiger partial charge >= 0.3 is 0 Å². The normalized spacial score (nSPS) is 19.4. The quantitative estimate of drug-likeness (QED) is 0.443. The van der Waals surface area contributed by atoms with Gasteiger partial charge in [0.05, 0.1) is 17.1 Å². The molecule has 0 bridgehead atoms. The first-order valence-corrected chi connectivity index (χ1v) is 12.0. The van der Waals surface area contributed by atoms with E-state index in [0.717, 1.165) is 12.8 Å². The Hall–Kier alpha value is -3.66. The van der Waals surface area contributed by atoms with Crippen molar-refractivity contribution in [3.63, 3.8) is 0 Å². The lowest BCUT2D eigenvalue weighted by Gasteiger charge is -2.29. The number of fused-ring (bicyclic) bond motifs is 3. The molecule has 5 heterocycles. The fourth-order valence-corrected chi connectivity index (χ4v) is 5.09. The molecule has 0 spiro atoms. The van der Waals surface area contributed by atoms with E-state index in [2.05, 4.69) is 20.0 Å². The third-order valence-electron chi connectivity index (χ3n) is 7.02. The lowest BCUT2D eigenvalue weighted by molar-refractivity contribution is 0.0810. The number of hydrogen-bond donors (Lipinski definition) is 1. The number of imidazole rings is 1. The van der Waals surface area contributed by atoms with E-state index < -0.39 is 11.4 Å². The van der Waals surface area contributed by atoms with E-state index >= 15 is 0 Å².